The van der Waals surface area contributed by atoms with Crippen molar-refractivity contribution in [3.8, 4) is 11.8 Å². The molecule has 2 nitrogen and oxygen atoms in total. The highest BCUT2D eigenvalue weighted by Gasteiger charge is 2.16. The summed E-state index contributed by atoms with van der Waals surface area (Å²) in [5.74, 6) is 6.05. The van der Waals surface area contributed by atoms with Crippen molar-refractivity contribution in [1.82, 2.24) is 4.90 Å². The summed E-state index contributed by atoms with van der Waals surface area (Å²) in [5.41, 5.74) is 7.66. The van der Waals surface area contributed by atoms with Crippen molar-refractivity contribution in [3.63, 3.8) is 0 Å². The highest BCUT2D eigenvalue weighted by molar-refractivity contribution is 7.10. The third-order valence-electron chi connectivity index (χ3n) is 3.48. The first kappa shape index (κ1) is 16.1. The fraction of sp³-hybridized carbons (Fsp3) is 0.294. The zero-order valence-electron chi connectivity index (χ0n) is 12.3. The van der Waals surface area contributed by atoms with Crippen LogP contribution in [0.25, 0.3) is 0 Å². The van der Waals surface area contributed by atoms with Gasteiger partial charge in [-0.1, -0.05) is 41.6 Å². The summed E-state index contributed by atoms with van der Waals surface area (Å²) in [4.78, 5) is 3.54. The summed E-state index contributed by atoms with van der Waals surface area (Å²) in [6, 6.07) is 10.3. The average molecular weight is 319 g/mol. The quantitative estimate of drug-likeness (QED) is 0.866. The van der Waals surface area contributed by atoms with Gasteiger partial charge in [-0.2, -0.15) is 0 Å². The normalized spacial score (nSPS) is 12.0. The number of hydrogen-bond acceptors (Lipinski definition) is 3. The van der Waals surface area contributed by atoms with Gasteiger partial charge >= 0.3 is 0 Å². The minimum Gasteiger partial charge on any atom is -0.320 e. The Balaban J connectivity index is 2.13. The van der Waals surface area contributed by atoms with Gasteiger partial charge in [0, 0.05) is 28.0 Å². The van der Waals surface area contributed by atoms with Crippen LogP contribution in [0.2, 0.25) is 5.02 Å². The molecule has 1 heterocycles. The molecule has 21 heavy (non-hydrogen) atoms. The molecule has 0 saturated carbocycles. The lowest BCUT2D eigenvalue weighted by atomic mass is 10.1. The molecule has 2 aromatic rings. The van der Waals surface area contributed by atoms with Crippen molar-refractivity contribution in [1.29, 1.82) is 0 Å². The van der Waals surface area contributed by atoms with E-state index in [2.05, 4.69) is 48.2 Å². The minimum atomic E-state index is 0.246. The van der Waals surface area contributed by atoms with Gasteiger partial charge in [0.25, 0.3) is 0 Å². The van der Waals surface area contributed by atoms with E-state index < -0.39 is 0 Å². The van der Waals surface area contributed by atoms with E-state index in [4.69, 9.17) is 17.3 Å². The fourth-order valence-corrected chi connectivity index (χ4v) is 3.32. The first-order chi connectivity index (χ1) is 10.1. The van der Waals surface area contributed by atoms with Crippen molar-refractivity contribution >= 4 is 22.9 Å². The molecule has 0 bridgehead atoms. The first-order valence-corrected chi connectivity index (χ1v) is 8.09. The molecule has 0 aliphatic heterocycles. The zero-order valence-corrected chi connectivity index (χ0v) is 13.8. The Labute approximate surface area is 135 Å². The Morgan fingerprint density at radius 1 is 1.33 bits per heavy atom. The number of benzene rings is 1. The Morgan fingerprint density at radius 3 is 2.81 bits per heavy atom. The Kier molecular flexibility index (Phi) is 5.84. The molecule has 0 spiro atoms. The molecular formula is C17H19ClN2S. The molecule has 0 amide bonds. The molecule has 0 fully saturated rings. The van der Waals surface area contributed by atoms with Crippen molar-refractivity contribution in [3.05, 3.63) is 56.7 Å². The number of nitrogens with zero attached hydrogens (tertiary/aromatic N) is 1. The summed E-state index contributed by atoms with van der Waals surface area (Å²) < 4.78 is 0. The van der Waals surface area contributed by atoms with E-state index in [1.165, 1.54) is 4.88 Å². The Morgan fingerprint density at radius 2 is 2.10 bits per heavy atom. The summed E-state index contributed by atoms with van der Waals surface area (Å²) in [6.07, 6.45) is 0. The summed E-state index contributed by atoms with van der Waals surface area (Å²) in [7, 11) is 2.11. The zero-order chi connectivity index (χ0) is 15.2. The van der Waals surface area contributed by atoms with E-state index in [1.54, 1.807) is 11.3 Å². The lowest BCUT2D eigenvalue weighted by Crippen LogP contribution is -2.22. The maximum Gasteiger partial charge on any atom is 0.0555 e. The summed E-state index contributed by atoms with van der Waals surface area (Å²) in [5, 5.41) is 2.88. The molecule has 2 rings (SSSR count). The molecule has 0 aliphatic rings. The van der Waals surface area contributed by atoms with Crippen molar-refractivity contribution in [2.24, 2.45) is 5.73 Å². The van der Waals surface area contributed by atoms with Gasteiger partial charge in [0.2, 0.25) is 0 Å². The number of hydrogen-bond donors (Lipinski definition) is 1. The topological polar surface area (TPSA) is 29.3 Å². The molecule has 110 valence electrons. The van der Waals surface area contributed by atoms with Crippen LogP contribution in [-0.2, 0) is 6.54 Å². The van der Waals surface area contributed by atoms with Crippen LogP contribution in [0.3, 0.4) is 0 Å². The van der Waals surface area contributed by atoms with Crippen LogP contribution in [0.1, 0.15) is 29.0 Å². The third-order valence-corrected chi connectivity index (χ3v) is 4.73. The molecule has 4 heteroatoms. The Hall–Kier alpha value is -1.31. The molecule has 0 aliphatic carbocycles. The highest BCUT2D eigenvalue weighted by atomic mass is 35.5. The van der Waals surface area contributed by atoms with Gasteiger partial charge in [-0.05, 0) is 37.0 Å². The van der Waals surface area contributed by atoms with Crippen LogP contribution in [0, 0.1) is 11.8 Å². The van der Waals surface area contributed by atoms with Gasteiger partial charge < -0.3 is 5.73 Å². The van der Waals surface area contributed by atoms with E-state index in [0.29, 0.717) is 6.54 Å². The SMILES string of the molecule is CC(c1ccccc1Cl)N(C)Cc1sccc1C#CCN. The third kappa shape index (κ3) is 4.09. The maximum absolute atomic E-state index is 6.28. The van der Waals surface area contributed by atoms with Crippen LogP contribution >= 0.6 is 22.9 Å². The van der Waals surface area contributed by atoms with Crippen LogP contribution in [0.5, 0.6) is 0 Å². The summed E-state index contributed by atoms with van der Waals surface area (Å²) in [6.45, 7) is 3.40. The summed E-state index contributed by atoms with van der Waals surface area (Å²) >= 11 is 8.01. The van der Waals surface area contributed by atoms with Gasteiger partial charge in [-0.3, -0.25) is 4.90 Å². The molecule has 0 radical (unpaired) electrons. The van der Waals surface area contributed by atoms with Gasteiger partial charge in [0.05, 0.1) is 6.54 Å². The monoisotopic (exact) mass is 318 g/mol. The van der Waals surface area contributed by atoms with Crippen molar-refractivity contribution in [2.45, 2.75) is 19.5 Å². The second-order valence-corrected chi connectivity index (χ2v) is 6.28. The van der Waals surface area contributed by atoms with Gasteiger partial charge in [-0.15, -0.1) is 11.3 Å². The van der Waals surface area contributed by atoms with Crippen LogP contribution in [0.4, 0.5) is 0 Å². The molecular weight excluding hydrogens is 300 g/mol. The standard InChI is InChI=1S/C17H19ClN2S/c1-13(15-7-3-4-8-16(15)18)20(2)12-17-14(6-5-10-19)9-11-21-17/h3-4,7-9,11,13H,10,12,19H2,1-2H3. The fourth-order valence-electron chi connectivity index (χ4n) is 2.14. The number of rotatable bonds is 4. The Bertz CT molecular complexity index is 654. The maximum atomic E-state index is 6.28. The minimum absolute atomic E-state index is 0.246. The molecule has 2 N–H and O–H groups in total. The first-order valence-electron chi connectivity index (χ1n) is 6.83. The van der Waals surface area contributed by atoms with Crippen LogP contribution in [0.15, 0.2) is 35.7 Å². The van der Waals surface area contributed by atoms with Crippen LogP contribution in [-0.4, -0.2) is 18.5 Å². The van der Waals surface area contributed by atoms with Crippen molar-refractivity contribution in [2.75, 3.05) is 13.6 Å². The second kappa shape index (κ2) is 7.63. The smallest absolute Gasteiger partial charge is 0.0555 e. The number of thiophene rings is 1. The lowest BCUT2D eigenvalue weighted by molar-refractivity contribution is 0.255. The predicted octanol–water partition coefficient (Wildman–Crippen LogP) is 3.90. The lowest BCUT2D eigenvalue weighted by Gasteiger charge is -2.25. The van der Waals surface area contributed by atoms with Crippen molar-refractivity contribution < 1.29 is 0 Å². The van der Waals surface area contributed by atoms with Gasteiger partial charge in [0.1, 0.15) is 0 Å². The molecule has 1 aromatic heterocycles. The average Bonchev–Trinajstić information content (AvgIpc) is 2.92. The second-order valence-electron chi connectivity index (χ2n) is 4.88. The molecule has 1 unspecified atom stereocenters. The van der Waals surface area contributed by atoms with E-state index in [-0.39, 0.29) is 6.04 Å². The molecule has 1 aromatic carbocycles. The predicted molar refractivity (Wildman–Crippen MR) is 91.6 cm³/mol. The van der Waals surface area contributed by atoms with Gasteiger partial charge in [0.15, 0.2) is 0 Å². The molecule has 0 saturated heterocycles. The molecule has 1 atom stereocenters. The van der Waals surface area contributed by atoms with Crippen LogP contribution < -0.4 is 5.73 Å². The number of halogens is 1. The highest BCUT2D eigenvalue weighted by Crippen LogP contribution is 2.28. The van der Waals surface area contributed by atoms with E-state index in [0.717, 1.165) is 22.7 Å². The van der Waals surface area contributed by atoms with E-state index in [9.17, 15) is 0 Å². The largest absolute Gasteiger partial charge is 0.320 e. The van der Waals surface area contributed by atoms with Gasteiger partial charge in [-0.25, -0.2) is 0 Å². The van der Waals surface area contributed by atoms with E-state index >= 15 is 0 Å². The number of nitrogens with two attached hydrogens (primary N) is 1. The van der Waals surface area contributed by atoms with E-state index in [1.807, 2.05) is 18.2 Å².